The fourth-order valence-corrected chi connectivity index (χ4v) is 4.46. The minimum atomic E-state index is 0. The van der Waals surface area contributed by atoms with Crippen LogP contribution in [0.4, 0.5) is 0 Å². The SMILES string of the molecule is Cl.O=C(CC1CC2CCC(C1)N2)NCCCOC1CCCCC1. The average molecular weight is 345 g/mol. The highest BCUT2D eigenvalue weighted by molar-refractivity contribution is 5.85. The van der Waals surface area contributed by atoms with Gasteiger partial charge in [-0.1, -0.05) is 19.3 Å². The Kier molecular flexibility index (Phi) is 8.14. The number of rotatable bonds is 7. The van der Waals surface area contributed by atoms with Gasteiger partial charge in [0.15, 0.2) is 0 Å². The molecule has 3 fully saturated rings. The van der Waals surface area contributed by atoms with Crippen LogP contribution in [-0.4, -0.2) is 37.2 Å². The van der Waals surface area contributed by atoms with Crippen molar-refractivity contribution in [2.75, 3.05) is 13.2 Å². The van der Waals surface area contributed by atoms with Crippen molar-refractivity contribution in [3.63, 3.8) is 0 Å². The summed E-state index contributed by atoms with van der Waals surface area (Å²) >= 11 is 0. The third-order valence-electron chi connectivity index (χ3n) is 5.59. The van der Waals surface area contributed by atoms with Gasteiger partial charge >= 0.3 is 0 Å². The maximum absolute atomic E-state index is 12.0. The van der Waals surface area contributed by atoms with E-state index < -0.39 is 0 Å². The van der Waals surface area contributed by atoms with E-state index in [-0.39, 0.29) is 18.3 Å². The Balaban J connectivity index is 0.00000192. The van der Waals surface area contributed by atoms with Crippen molar-refractivity contribution in [3.05, 3.63) is 0 Å². The van der Waals surface area contributed by atoms with E-state index in [0.29, 0.717) is 24.1 Å². The largest absolute Gasteiger partial charge is 0.378 e. The summed E-state index contributed by atoms with van der Waals surface area (Å²) in [5.41, 5.74) is 0. The summed E-state index contributed by atoms with van der Waals surface area (Å²) in [6.07, 6.45) is 13.6. The molecule has 0 aromatic carbocycles. The zero-order chi connectivity index (χ0) is 15.2. The summed E-state index contributed by atoms with van der Waals surface area (Å²) in [6, 6.07) is 1.36. The molecule has 3 rings (SSSR count). The van der Waals surface area contributed by atoms with E-state index in [1.54, 1.807) is 0 Å². The highest BCUT2D eigenvalue weighted by Crippen LogP contribution is 2.32. The molecule has 0 spiro atoms. The van der Waals surface area contributed by atoms with Crippen molar-refractivity contribution in [3.8, 4) is 0 Å². The second-order valence-electron chi connectivity index (χ2n) is 7.51. The summed E-state index contributed by atoms with van der Waals surface area (Å²) in [5.74, 6) is 0.834. The van der Waals surface area contributed by atoms with Crippen LogP contribution in [0.15, 0.2) is 0 Å². The van der Waals surface area contributed by atoms with Crippen molar-refractivity contribution in [1.29, 1.82) is 0 Å². The molecule has 4 nitrogen and oxygen atoms in total. The lowest BCUT2D eigenvalue weighted by Gasteiger charge is -2.28. The highest BCUT2D eigenvalue weighted by Gasteiger charge is 2.34. The van der Waals surface area contributed by atoms with E-state index in [1.807, 2.05) is 0 Å². The van der Waals surface area contributed by atoms with Gasteiger partial charge in [-0.3, -0.25) is 4.79 Å². The molecule has 2 saturated heterocycles. The molecule has 2 aliphatic heterocycles. The van der Waals surface area contributed by atoms with Gasteiger partial charge in [0, 0.05) is 31.7 Å². The summed E-state index contributed by atoms with van der Waals surface area (Å²) in [7, 11) is 0. The van der Waals surface area contributed by atoms with Crippen molar-refractivity contribution in [2.24, 2.45) is 5.92 Å². The minimum Gasteiger partial charge on any atom is -0.378 e. The van der Waals surface area contributed by atoms with Crippen LogP contribution in [-0.2, 0) is 9.53 Å². The van der Waals surface area contributed by atoms with Crippen LogP contribution in [0.2, 0.25) is 0 Å². The number of carbonyl (C=O) groups is 1. The molecule has 0 aromatic rings. The molecule has 2 unspecified atom stereocenters. The van der Waals surface area contributed by atoms with Gasteiger partial charge in [-0.2, -0.15) is 0 Å². The molecule has 0 aromatic heterocycles. The number of nitrogens with one attached hydrogen (secondary N) is 2. The first kappa shape index (κ1) is 19.0. The number of hydrogen-bond acceptors (Lipinski definition) is 3. The third kappa shape index (κ3) is 6.24. The molecule has 2 bridgehead atoms. The number of halogens is 1. The van der Waals surface area contributed by atoms with Crippen molar-refractivity contribution in [2.45, 2.75) is 88.8 Å². The van der Waals surface area contributed by atoms with Gasteiger partial charge in [-0.15, -0.1) is 12.4 Å². The van der Waals surface area contributed by atoms with Crippen LogP contribution in [0.25, 0.3) is 0 Å². The summed E-state index contributed by atoms with van der Waals surface area (Å²) in [6.45, 7) is 1.56. The highest BCUT2D eigenvalue weighted by atomic mass is 35.5. The maximum atomic E-state index is 12.0. The second kappa shape index (κ2) is 9.85. The first-order valence-electron chi connectivity index (χ1n) is 9.44. The normalized spacial score (nSPS) is 30.7. The lowest BCUT2D eigenvalue weighted by Crippen LogP contribution is -2.39. The molecule has 5 heteroatoms. The van der Waals surface area contributed by atoms with E-state index in [9.17, 15) is 4.79 Å². The van der Waals surface area contributed by atoms with Crippen LogP contribution in [0.3, 0.4) is 0 Å². The van der Waals surface area contributed by atoms with Gasteiger partial charge in [0.2, 0.25) is 5.91 Å². The Morgan fingerprint density at radius 3 is 2.43 bits per heavy atom. The minimum absolute atomic E-state index is 0. The standard InChI is InChI=1S/C18H32N2O2.ClH/c21-18(13-14-11-15-7-8-16(12-14)20-15)19-9-4-10-22-17-5-2-1-3-6-17;/h14-17,20H,1-13H2,(H,19,21);1H. The number of hydrogen-bond donors (Lipinski definition) is 2. The predicted octanol–water partition coefficient (Wildman–Crippen LogP) is 3.18. The molecule has 2 N–H and O–H groups in total. The quantitative estimate of drug-likeness (QED) is 0.697. The Morgan fingerprint density at radius 1 is 1.04 bits per heavy atom. The van der Waals surface area contributed by atoms with Crippen molar-refractivity contribution in [1.82, 2.24) is 10.6 Å². The Labute approximate surface area is 146 Å². The third-order valence-corrected chi connectivity index (χ3v) is 5.59. The number of carbonyl (C=O) groups excluding carboxylic acids is 1. The van der Waals surface area contributed by atoms with Crippen molar-refractivity contribution < 1.29 is 9.53 Å². The number of fused-ring (bicyclic) bond motifs is 2. The molecule has 3 aliphatic rings. The number of ether oxygens (including phenoxy) is 1. The topological polar surface area (TPSA) is 50.4 Å². The molecule has 134 valence electrons. The smallest absolute Gasteiger partial charge is 0.220 e. The summed E-state index contributed by atoms with van der Waals surface area (Å²) in [5, 5.41) is 6.71. The first-order valence-corrected chi connectivity index (χ1v) is 9.44. The van der Waals surface area contributed by atoms with Gasteiger partial charge in [0.1, 0.15) is 0 Å². The fraction of sp³-hybridized carbons (Fsp3) is 0.944. The summed E-state index contributed by atoms with van der Waals surface area (Å²) in [4.78, 5) is 12.0. The van der Waals surface area contributed by atoms with E-state index in [2.05, 4.69) is 10.6 Å². The van der Waals surface area contributed by atoms with Crippen LogP contribution < -0.4 is 10.6 Å². The average Bonchev–Trinajstić information content (AvgIpc) is 2.87. The van der Waals surface area contributed by atoms with Gasteiger partial charge in [0.25, 0.3) is 0 Å². The zero-order valence-corrected chi connectivity index (χ0v) is 15.0. The van der Waals surface area contributed by atoms with E-state index in [4.69, 9.17) is 4.74 Å². The predicted molar refractivity (Wildman–Crippen MR) is 95.0 cm³/mol. The lowest BCUT2D eigenvalue weighted by atomic mass is 9.89. The maximum Gasteiger partial charge on any atom is 0.220 e. The van der Waals surface area contributed by atoms with E-state index in [0.717, 1.165) is 26.0 Å². The van der Waals surface area contributed by atoms with Crippen LogP contribution >= 0.6 is 12.4 Å². The molecule has 23 heavy (non-hydrogen) atoms. The Hall–Kier alpha value is -0.320. The monoisotopic (exact) mass is 344 g/mol. The van der Waals surface area contributed by atoms with E-state index >= 15 is 0 Å². The number of piperidine rings is 1. The van der Waals surface area contributed by atoms with Crippen LogP contribution in [0.1, 0.15) is 70.6 Å². The number of amides is 1. The molecular weight excluding hydrogens is 312 g/mol. The Bertz CT molecular complexity index is 349. The van der Waals surface area contributed by atoms with Crippen LogP contribution in [0, 0.1) is 5.92 Å². The van der Waals surface area contributed by atoms with Gasteiger partial charge in [0.05, 0.1) is 6.10 Å². The van der Waals surface area contributed by atoms with Crippen molar-refractivity contribution >= 4 is 18.3 Å². The second-order valence-corrected chi connectivity index (χ2v) is 7.51. The van der Waals surface area contributed by atoms with Crippen LogP contribution in [0.5, 0.6) is 0 Å². The molecule has 1 saturated carbocycles. The zero-order valence-electron chi connectivity index (χ0n) is 14.2. The molecule has 1 aliphatic carbocycles. The summed E-state index contributed by atoms with van der Waals surface area (Å²) < 4.78 is 5.89. The fourth-order valence-electron chi connectivity index (χ4n) is 4.46. The van der Waals surface area contributed by atoms with Gasteiger partial charge < -0.3 is 15.4 Å². The molecule has 2 atom stereocenters. The Morgan fingerprint density at radius 2 is 1.74 bits per heavy atom. The van der Waals surface area contributed by atoms with Gasteiger partial charge in [-0.05, 0) is 50.9 Å². The first-order chi connectivity index (χ1) is 10.8. The molecule has 1 amide bonds. The van der Waals surface area contributed by atoms with Gasteiger partial charge in [-0.25, -0.2) is 0 Å². The molecule has 0 radical (unpaired) electrons. The van der Waals surface area contributed by atoms with E-state index in [1.165, 1.54) is 57.8 Å². The lowest BCUT2D eigenvalue weighted by molar-refractivity contribution is -0.122. The molecular formula is C18H33ClN2O2. The molecule has 2 heterocycles.